The number of ketones is 1. The number of carbonyl (C=O) groups is 1. The summed E-state index contributed by atoms with van der Waals surface area (Å²) in [5, 5.41) is 0. The molecular weight excluding hydrogens is 200 g/mol. The van der Waals surface area contributed by atoms with E-state index in [1.807, 2.05) is 34.7 Å². The van der Waals surface area contributed by atoms with Crippen LogP contribution < -0.4 is 0 Å². The Morgan fingerprint density at radius 3 is 2.12 bits per heavy atom. The Balaban J connectivity index is 0. The van der Waals surface area contributed by atoms with Crippen LogP contribution in [0.3, 0.4) is 0 Å². The van der Waals surface area contributed by atoms with Crippen LogP contribution in [0.1, 0.15) is 41.0 Å². The van der Waals surface area contributed by atoms with E-state index in [2.05, 4.69) is 16.8 Å². The molecule has 1 saturated heterocycles. The number of nitrogens with zero attached hydrogens (tertiary/aromatic N) is 2. The van der Waals surface area contributed by atoms with Crippen molar-refractivity contribution in [3.05, 3.63) is 0 Å². The molecule has 1 heterocycles. The van der Waals surface area contributed by atoms with Crippen LogP contribution in [0, 0.1) is 0 Å². The number of hydrogen-bond acceptors (Lipinski definition) is 3. The van der Waals surface area contributed by atoms with E-state index in [1.54, 1.807) is 6.92 Å². The zero-order valence-corrected chi connectivity index (χ0v) is 12.2. The Labute approximate surface area is 102 Å². The van der Waals surface area contributed by atoms with Gasteiger partial charge in [0.25, 0.3) is 0 Å². The van der Waals surface area contributed by atoms with Crippen LogP contribution in [0.2, 0.25) is 0 Å². The first kappa shape index (κ1) is 18.0. The minimum absolute atomic E-state index is 0.257. The van der Waals surface area contributed by atoms with E-state index >= 15 is 0 Å². The Kier molecular flexibility index (Phi) is 12.5. The Hall–Kier alpha value is -0.410. The highest BCUT2D eigenvalue weighted by molar-refractivity contribution is 5.77. The summed E-state index contributed by atoms with van der Waals surface area (Å²) in [5.74, 6) is 0.257. The SMILES string of the molecule is CC.CC.CC(=O)CN(C)C1CCN(C)C1. The highest BCUT2D eigenvalue weighted by Crippen LogP contribution is 2.11. The molecule has 0 aromatic carbocycles. The van der Waals surface area contributed by atoms with E-state index in [1.165, 1.54) is 6.42 Å². The first-order valence-corrected chi connectivity index (χ1v) is 6.48. The Morgan fingerprint density at radius 1 is 1.31 bits per heavy atom. The van der Waals surface area contributed by atoms with Gasteiger partial charge < -0.3 is 4.90 Å². The normalized spacial score (nSPS) is 19.6. The number of carbonyl (C=O) groups excluding carboxylic acids is 1. The van der Waals surface area contributed by atoms with Crippen molar-refractivity contribution in [1.82, 2.24) is 9.80 Å². The molecule has 1 aliphatic heterocycles. The maximum Gasteiger partial charge on any atom is 0.143 e. The molecule has 0 aromatic heterocycles. The molecule has 0 spiro atoms. The zero-order chi connectivity index (χ0) is 13.1. The molecule has 0 saturated carbocycles. The van der Waals surface area contributed by atoms with Crippen molar-refractivity contribution >= 4 is 5.78 Å². The van der Waals surface area contributed by atoms with Gasteiger partial charge in [-0.15, -0.1) is 0 Å². The second-order valence-electron chi connectivity index (χ2n) is 3.82. The molecule has 0 aromatic rings. The molecule has 3 nitrogen and oxygen atoms in total. The molecule has 0 radical (unpaired) electrons. The van der Waals surface area contributed by atoms with Gasteiger partial charge in [0.1, 0.15) is 5.78 Å². The van der Waals surface area contributed by atoms with Crippen LogP contribution in [0.15, 0.2) is 0 Å². The van der Waals surface area contributed by atoms with Crippen molar-refractivity contribution in [1.29, 1.82) is 0 Å². The monoisotopic (exact) mass is 230 g/mol. The fourth-order valence-electron chi connectivity index (χ4n) is 1.75. The minimum Gasteiger partial charge on any atom is -0.305 e. The molecule has 98 valence electrons. The summed E-state index contributed by atoms with van der Waals surface area (Å²) >= 11 is 0. The average Bonchev–Trinajstić information content (AvgIpc) is 2.70. The van der Waals surface area contributed by atoms with E-state index in [0.29, 0.717) is 12.6 Å². The van der Waals surface area contributed by atoms with E-state index in [-0.39, 0.29) is 5.78 Å². The molecule has 1 rings (SSSR count). The maximum atomic E-state index is 10.8. The molecule has 1 fully saturated rings. The van der Waals surface area contributed by atoms with E-state index in [9.17, 15) is 4.79 Å². The van der Waals surface area contributed by atoms with Crippen molar-refractivity contribution < 1.29 is 4.79 Å². The Bertz CT molecular complexity index is 171. The van der Waals surface area contributed by atoms with Crippen molar-refractivity contribution in [2.24, 2.45) is 0 Å². The van der Waals surface area contributed by atoms with Gasteiger partial charge in [0.15, 0.2) is 0 Å². The Morgan fingerprint density at radius 2 is 1.81 bits per heavy atom. The fraction of sp³-hybridized carbons (Fsp3) is 0.923. The van der Waals surface area contributed by atoms with Crippen LogP contribution in [-0.2, 0) is 4.79 Å². The van der Waals surface area contributed by atoms with Gasteiger partial charge in [-0.1, -0.05) is 27.7 Å². The highest BCUT2D eigenvalue weighted by atomic mass is 16.1. The van der Waals surface area contributed by atoms with Crippen LogP contribution in [0.5, 0.6) is 0 Å². The molecule has 0 N–H and O–H groups in total. The number of rotatable bonds is 3. The van der Waals surface area contributed by atoms with E-state index in [4.69, 9.17) is 0 Å². The average molecular weight is 230 g/mol. The molecule has 16 heavy (non-hydrogen) atoms. The van der Waals surface area contributed by atoms with Gasteiger partial charge in [0.05, 0.1) is 6.54 Å². The van der Waals surface area contributed by atoms with Gasteiger partial charge in [-0.05, 0) is 34.0 Å². The highest BCUT2D eigenvalue weighted by Gasteiger charge is 2.23. The minimum atomic E-state index is 0.257. The van der Waals surface area contributed by atoms with Gasteiger partial charge in [0.2, 0.25) is 0 Å². The zero-order valence-electron chi connectivity index (χ0n) is 12.2. The third kappa shape index (κ3) is 7.83. The molecule has 0 bridgehead atoms. The number of likely N-dealkylation sites (N-methyl/N-ethyl adjacent to an activating group) is 2. The van der Waals surface area contributed by atoms with Crippen LogP contribution in [0.25, 0.3) is 0 Å². The third-order valence-electron chi connectivity index (χ3n) is 2.46. The van der Waals surface area contributed by atoms with Crippen molar-refractivity contribution in [3.63, 3.8) is 0 Å². The summed E-state index contributed by atoms with van der Waals surface area (Å²) in [4.78, 5) is 15.3. The lowest BCUT2D eigenvalue weighted by atomic mass is 10.2. The number of Topliss-reactive ketones (excluding diaryl/α,β-unsaturated/α-hetero) is 1. The van der Waals surface area contributed by atoms with Gasteiger partial charge in [0, 0.05) is 12.6 Å². The smallest absolute Gasteiger partial charge is 0.143 e. The second kappa shape index (κ2) is 11.1. The lowest BCUT2D eigenvalue weighted by molar-refractivity contribution is -0.118. The maximum absolute atomic E-state index is 10.8. The van der Waals surface area contributed by atoms with Gasteiger partial charge in [-0.25, -0.2) is 0 Å². The quantitative estimate of drug-likeness (QED) is 0.743. The van der Waals surface area contributed by atoms with Crippen molar-refractivity contribution in [3.8, 4) is 0 Å². The van der Waals surface area contributed by atoms with Gasteiger partial charge >= 0.3 is 0 Å². The van der Waals surface area contributed by atoms with E-state index in [0.717, 1.165) is 13.1 Å². The standard InChI is InChI=1S/C9H18N2O.2C2H6/c1-8(12)6-11(3)9-4-5-10(2)7-9;2*1-2/h9H,4-7H2,1-3H3;2*1-2H3. The third-order valence-corrected chi connectivity index (χ3v) is 2.46. The van der Waals surface area contributed by atoms with Gasteiger partial charge in [-0.3, -0.25) is 9.69 Å². The summed E-state index contributed by atoms with van der Waals surface area (Å²) in [5.41, 5.74) is 0. The van der Waals surface area contributed by atoms with Crippen LogP contribution >= 0.6 is 0 Å². The van der Waals surface area contributed by atoms with Gasteiger partial charge in [-0.2, -0.15) is 0 Å². The second-order valence-corrected chi connectivity index (χ2v) is 3.82. The summed E-state index contributed by atoms with van der Waals surface area (Å²) in [6, 6.07) is 0.582. The molecule has 3 heteroatoms. The lowest BCUT2D eigenvalue weighted by Gasteiger charge is -2.22. The summed E-state index contributed by atoms with van der Waals surface area (Å²) < 4.78 is 0. The summed E-state index contributed by atoms with van der Waals surface area (Å²) in [6.45, 7) is 12.5. The first-order chi connectivity index (χ1) is 7.59. The van der Waals surface area contributed by atoms with Crippen LogP contribution in [0.4, 0.5) is 0 Å². The van der Waals surface area contributed by atoms with Crippen molar-refractivity contribution in [2.45, 2.75) is 47.1 Å². The lowest BCUT2D eigenvalue weighted by Crippen LogP contribution is -2.36. The number of hydrogen-bond donors (Lipinski definition) is 0. The van der Waals surface area contributed by atoms with E-state index < -0.39 is 0 Å². The summed E-state index contributed by atoms with van der Waals surface area (Å²) in [6.07, 6.45) is 1.19. The van der Waals surface area contributed by atoms with Crippen LogP contribution in [-0.4, -0.2) is 55.4 Å². The molecule has 1 unspecified atom stereocenters. The predicted octanol–water partition coefficient (Wildman–Crippen LogP) is 2.26. The topological polar surface area (TPSA) is 23.6 Å². The molecule has 0 amide bonds. The number of likely N-dealkylation sites (tertiary alicyclic amines) is 1. The molecular formula is C13H30N2O. The molecule has 1 aliphatic rings. The largest absolute Gasteiger partial charge is 0.305 e. The molecule has 0 aliphatic carbocycles. The molecule has 1 atom stereocenters. The van der Waals surface area contributed by atoms with Crippen molar-refractivity contribution in [2.75, 3.05) is 33.7 Å². The summed E-state index contributed by atoms with van der Waals surface area (Å²) in [7, 11) is 4.16. The first-order valence-electron chi connectivity index (χ1n) is 6.48. The predicted molar refractivity (Wildman–Crippen MR) is 71.9 cm³/mol. The fourth-order valence-corrected chi connectivity index (χ4v) is 1.75.